The molecule has 4 nitrogen and oxygen atoms in total. The van der Waals surface area contributed by atoms with E-state index in [9.17, 15) is 5.11 Å². The molecule has 0 saturated carbocycles. The average molecular weight is 305 g/mol. The van der Waals surface area contributed by atoms with Crippen LogP contribution in [0.3, 0.4) is 0 Å². The van der Waals surface area contributed by atoms with Gasteiger partial charge in [0.2, 0.25) is 0 Å². The molecule has 0 aliphatic rings. The van der Waals surface area contributed by atoms with Crippen molar-refractivity contribution in [2.45, 2.75) is 20.3 Å². The Morgan fingerprint density at radius 3 is 2.57 bits per heavy atom. The lowest BCUT2D eigenvalue weighted by atomic mass is 9.92. The van der Waals surface area contributed by atoms with Gasteiger partial charge in [-0.3, -0.25) is 0 Å². The highest BCUT2D eigenvalue weighted by Crippen LogP contribution is 2.39. The van der Waals surface area contributed by atoms with Gasteiger partial charge in [-0.1, -0.05) is 42.5 Å². The molecule has 0 amide bonds. The van der Waals surface area contributed by atoms with E-state index in [1.165, 1.54) is 0 Å². The Labute approximate surface area is 135 Å². The largest absolute Gasteiger partial charge is 0.507 e. The minimum absolute atomic E-state index is 0.301. The van der Waals surface area contributed by atoms with Gasteiger partial charge in [0.1, 0.15) is 11.4 Å². The van der Waals surface area contributed by atoms with Crippen LogP contribution in [0.15, 0.2) is 54.7 Å². The van der Waals surface area contributed by atoms with Crippen molar-refractivity contribution >= 4 is 0 Å². The molecular formula is C19H19N3O. The number of phenols is 1. The molecule has 0 unspecified atom stereocenters. The van der Waals surface area contributed by atoms with E-state index in [4.69, 9.17) is 0 Å². The van der Waals surface area contributed by atoms with Crippen molar-refractivity contribution in [2.75, 3.05) is 0 Å². The van der Waals surface area contributed by atoms with Gasteiger partial charge in [0, 0.05) is 11.1 Å². The van der Waals surface area contributed by atoms with Crippen LogP contribution in [0.1, 0.15) is 18.1 Å². The summed E-state index contributed by atoms with van der Waals surface area (Å²) >= 11 is 0. The quantitative estimate of drug-likeness (QED) is 0.708. The van der Waals surface area contributed by atoms with Gasteiger partial charge in [-0.05, 0) is 43.0 Å². The first kappa shape index (κ1) is 15.0. The summed E-state index contributed by atoms with van der Waals surface area (Å²) in [6.45, 7) is 7.94. The van der Waals surface area contributed by atoms with Gasteiger partial charge in [0.05, 0.1) is 6.20 Å². The molecule has 0 aliphatic heterocycles. The molecule has 0 saturated heterocycles. The molecule has 0 spiro atoms. The SMILES string of the molecule is C=C(C)Cc1cc(C)cc(-c2ccccc2-c2cn[nH]n2)c1O. The molecule has 0 atom stereocenters. The summed E-state index contributed by atoms with van der Waals surface area (Å²) in [4.78, 5) is 0. The predicted octanol–water partition coefficient (Wildman–Crippen LogP) is 4.27. The first-order valence-corrected chi connectivity index (χ1v) is 7.48. The van der Waals surface area contributed by atoms with Crippen LogP contribution in [0, 0.1) is 6.92 Å². The van der Waals surface area contributed by atoms with E-state index >= 15 is 0 Å². The number of phenolic OH excluding ortho intramolecular Hbond substituents is 1. The van der Waals surface area contributed by atoms with Crippen LogP contribution in [0.2, 0.25) is 0 Å². The Morgan fingerprint density at radius 1 is 1.17 bits per heavy atom. The number of aromatic amines is 1. The summed E-state index contributed by atoms with van der Waals surface area (Å²) in [5.41, 5.74) is 6.44. The summed E-state index contributed by atoms with van der Waals surface area (Å²) in [6.07, 6.45) is 2.34. The van der Waals surface area contributed by atoms with Crippen molar-refractivity contribution in [3.8, 4) is 28.1 Å². The lowest BCUT2D eigenvalue weighted by Crippen LogP contribution is -1.93. The van der Waals surface area contributed by atoms with Gasteiger partial charge < -0.3 is 5.11 Å². The molecule has 0 bridgehead atoms. The van der Waals surface area contributed by atoms with Crippen LogP contribution in [0.4, 0.5) is 0 Å². The van der Waals surface area contributed by atoms with Crippen LogP contribution in [-0.4, -0.2) is 20.5 Å². The summed E-state index contributed by atoms with van der Waals surface area (Å²) in [5, 5.41) is 21.4. The number of hydrogen-bond donors (Lipinski definition) is 2. The van der Waals surface area contributed by atoms with Gasteiger partial charge in [0.15, 0.2) is 0 Å². The summed E-state index contributed by atoms with van der Waals surface area (Å²) in [5.74, 6) is 0.301. The topological polar surface area (TPSA) is 61.8 Å². The van der Waals surface area contributed by atoms with Crippen LogP contribution < -0.4 is 0 Å². The minimum Gasteiger partial charge on any atom is -0.507 e. The van der Waals surface area contributed by atoms with Gasteiger partial charge in [-0.15, -0.1) is 0 Å². The standard InChI is InChI=1S/C19H19N3O/c1-12(2)8-14-9-13(3)10-17(19(14)23)15-6-4-5-7-16(15)18-11-20-22-21-18/h4-7,9-11,23H,1,8H2,2-3H3,(H,20,21,22). The number of allylic oxidation sites excluding steroid dienone is 1. The van der Waals surface area contributed by atoms with Crippen molar-refractivity contribution in [1.29, 1.82) is 0 Å². The molecule has 0 fully saturated rings. The number of nitrogens with one attached hydrogen (secondary N) is 1. The summed E-state index contributed by atoms with van der Waals surface area (Å²) in [6, 6.07) is 11.9. The monoisotopic (exact) mass is 305 g/mol. The molecule has 0 aliphatic carbocycles. The van der Waals surface area contributed by atoms with Gasteiger partial charge >= 0.3 is 0 Å². The van der Waals surface area contributed by atoms with E-state index in [0.29, 0.717) is 12.2 Å². The maximum absolute atomic E-state index is 10.8. The van der Waals surface area contributed by atoms with E-state index < -0.39 is 0 Å². The second kappa shape index (κ2) is 6.08. The second-order valence-electron chi connectivity index (χ2n) is 5.85. The van der Waals surface area contributed by atoms with Gasteiger partial charge in [-0.25, -0.2) is 0 Å². The molecule has 0 radical (unpaired) electrons. The van der Waals surface area contributed by atoms with Crippen molar-refractivity contribution < 1.29 is 5.11 Å². The Hall–Kier alpha value is -2.88. The lowest BCUT2D eigenvalue weighted by molar-refractivity contribution is 0.471. The van der Waals surface area contributed by atoms with E-state index in [1.807, 2.05) is 50.2 Å². The molecule has 23 heavy (non-hydrogen) atoms. The van der Waals surface area contributed by atoms with E-state index in [1.54, 1.807) is 6.20 Å². The van der Waals surface area contributed by atoms with Gasteiger partial charge in [-0.2, -0.15) is 15.4 Å². The highest BCUT2D eigenvalue weighted by atomic mass is 16.3. The first-order chi connectivity index (χ1) is 11.1. The van der Waals surface area contributed by atoms with Crippen molar-refractivity contribution in [2.24, 2.45) is 0 Å². The van der Waals surface area contributed by atoms with Crippen LogP contribution in [0.25, 0.3) is 22.4 Å². The van der Waals surface area contributed by atoms with E-state index in [0.717, 1.165) is 39.1 Å². The molecule has 1 heterocycles. The third kappa shape index (κ3) is 3.01. The Bertz CT molecular complexity index is 851. The minimum atomic E-state index is 0.301. The second-order valence-corrected chi connectivity index (χ2v) is 5.85. The predicted molar refractivity (Wildman–Crippen MR) is 92.2 cm³/mol. The molecule has 4 heteroatoms. The van der Waals surface area contributed by atoms with Crippen molar-refractivity contribution in [3.63, 3.8) is 0 Å². The van der Waals surface area contributed by atoms with Crippen LogP contribution in [0.5, 0.6) is 5.75 Å². The maximum atomic E-state index is 10.8. The number of H-pyrrole nitrogens is 1. The maximum Gasteiger partial charge on any atom is 0.126 e. The highest BCUT2D eigenvalue weighted by Gasteiger charge is 2.15. The van der Waals surface area contributed by atoms with E-state index in [-0.39, 0.29) is 0 Å². The smallest absolute Gasteiger partial charge is 0.126 e. The number of aromatic hydroxyl groups is 1. The normalized spacial score (nSPS) is 10.7. The zero-order valence-electron chi connectivity index (χ0n) is 13.3. The highest BCUT2D eigenvalue weighted by molar-refractivity contribution is 5.85. The molecule has 116 valence electrons. The molecule has 2 aromatic carbocycles. The first-order valence-electron chi connectivity index (χ1n) is 7.48. The van der Waals surface area contributed by atoms with Crippen LogP contribution in [-0.2, 0) is 6.42 Å². The number of benzene rings is 2. The lowest BCUT2D eigenvalue weighted by Gasteiger charge is -2.14. The van der Waals surface area contributed by atoms with Crippen molar-refractivity contribution in [3.05, 3.63) is 65.9 Å². The summed E-state index contributed by atoms with van der Waals surface area (Å²) < 4.78 is 0. The number of aromatic nitrogens is 3. The zero-order valence-corrected chi connectivity index (χ0v) is 13.3. The Morgan fingerprint density at radius 2 is 1.91 bits per heavy atom. The number of aryl methyl sites for hydroxylation is 1. The fourth-order valence-electron chi connectivity index (χ4n) is 2.79. The van der Waals surface area contributed by atoms with Gasteiger partial charge in [0.25, 0.3) is 0 Å². The molecular weight excluding hydrogens is 286 g/mol. The van der Waals surface area contributed by atoms with E-state index in [2.05, 4.69) is 22.0 Å². The van der Waals surface area contributed by atoms with Crippen molar-refractivity contribution in [1.82, 2.24) is 15.4 Å². The Kier molecular flexibility index (Phi) is 3.98. The molecule has 3 aromatic rings. The molecule has 1 aromatic heterocycles. The molecule has 2 N–H and O–H groups in total. The molecule has 3 rings (SSSR count). The number of hydrogen-bond acceptors (Lipinski definition) is 3. The number of rotatable bonds is 4. The van der Waals surface area contributed by atoms with Crippen LogP contribution >= 0.6 is 0 Å². The Balaban J connectivity index is 2.20. The number of nitrogens with zero attached hydrogens (tertiary/aromatic N) is 2. The fraction of sp³-hybridized carbons (Fsp3) is 0.158. The summed E-state index contributed by atoms with van der Waals surface area (Å²) in [7, 11) is 0. The average Bonchev–Trinajstić information content (AvgIpc) is 3.04. The zero-order chi connectivity index (χ0) is 16.4. The third-order valence-electron chi connectivity index (χ3n) is 3.73. The third-order valence-corrected chi connectivity index (χ3v) is 3.73. The fourth-order valence-corrected chi connectivity index (χ4v) is 2.79.